The second-order valence-corrected chi connectivity index (χ2v) is 9.17. The molecule has 5 nitrogen and oxygen atoms in total. The highest BCUT2D eigenvalue weighted by Crippen LogP contribution is 2.37. The van der Waals surface area contributed by atoms with Gasteiger partial charge in [-0.1, -0.05) is 61.6 Å². The van der Waals surface area contributed by atoms with Gasteiger partial charge in [0.1, 0.15) is 5.52 Å². The first kappa shape index (κ1) is 24.7. The molecule has 0 aliphatic rings. The Bertz CT molecular complexity index is 1110. The van der Waals surface area contributed by atoms with Crippen molar-refractivity contribution in [3.63, 3.8) is 0 Å². The number of anilines is 2. The minimum Gasteiger partial charge on any atom is -0.481 e. The topological polar surface area (TPSA) is 67.2 Å². The van der Waals surface area contributed by atoms with Gasteiger partial charge >= 0.3 is 5.97 Å². The van der Waals surface area contributed by atoms with Crippen LogP contribution in [0.25, 0.3) is 11.0 Å². The molecule has 0 radical (unpaired) electrons. The fourth-order valence-electron chi connectivity index (χ4n) is 4.10. The largest absolute Gasteiger partial charge is 0.481 e. The molecule has 172 valence electrons. The number of hydrogen-bond acceptors (Lipinski definition) is 3. The highest BCUT2D eigenvalue weighted by molar-refractivity contribution is 6.36. The van der Waals surface area contributed by atoms with Crippen LogP contribution in [0.3, 0.4) is 0 Å². The summed E-state index contributed by atoms with van der Waals surface area (Å²) in [6.45, 7) is 6.71. The maximum Gasteiger partial charge on any atom is 0.306 e. The quantitative estimate of drug-likeness (QED) is 0.297. The molecule has 0 amide bonds. The first-order chi connectivity index (χ1) is 15.3. The Morgan fingerprint density at radius 3 is 2.38 bits per heavy atom. The average molecular weight is 497 g/mol. The minimum atomic E-state index is -0.787. The summed E-state index contributed by atoms with van der Waals surface area (Å²) in [5.41, 5.74) is 3.48. The molecule has 2 N–H and O–H groups in total. The standard InChI is InChI=1S/C24H28Cl3N3O2/c1-4-14(5-2)17-8-9-18(26)21-22(17)30(12-11-15(6-3)23(31)32)24(29-21)28-20-10-7-16(25)13-19(20)27/h7-10,13-15H,4-6,11-12H2,1-3H3,(H,28,29)(H,31,32). The van der Waals surface area contributed by atoms with Crippen LogP contribution in [0.4, 0.5) is 11.6 Å². The summed E-state index contributed by atoms with van der Waals surface area (Å²) < 4.78 is 2.05. The smallest absolute Gasteiger partial charge is 0.306 e. The monoisotopic (exact) mass is 495 g/mol. The maximum atomic E-state index is 11.6. The predicted octanol–water partition coefficient (Wildman–Crippen LogP) is 8.14. The number of carboxylic acid groups (broad SMARTS) is 1. The number of halogens is 3. The van der Waals surface area contributed by atoms with E-state index in [1.807, 2.05) is 17.6 Å². The Kier molecular flexibility index (Phi) is 8.32. The van der Waals surface area contributed by atoms with Gasteiger partial charge in [-0.3, -0.25) is 4.79 Å². The van der Waals surface area contributed by atoms with Crippen molar-refractivity contribution in [2.75, 3.05) is 5.32 Å². The van der Waals surface area contributed by atoms with Crippen molar-refractivity contribution in [3.05, 3.63) is 51.0 Å². The Morgan fingerprint density at radius 1 is 1.06 bits per heavy atom. The molecule has 0 spiro atoms. The van der Waals surface area contributed by atoms with E-state index in [1.165, 1.54) is 5.56 Å². The Balaban J connectivity index is 2.17. The molecule has 32 heavy (non-hydrogen) atoms. The third-order valence-electron chi connectivity index (χ3n) is 6.02. The van der Waals surface area contributed by atoms with Gasteiger partial charge < -0.3 is 15.0 Å². The lowest BCUT2D eigenvalue weighted by molar-refractivity contribution is -0.142. The summed E-state index contributed by atoms with van der Waals surface area (Å²) in [7, 11) is 0. The van der Waals surface area contributed by atoms with Crippen LogP contribution in [0.5, 0.6) is 0 Å². The first-order valence-corrected chi connectivity index (χ1v) is 12.1. The number of nitrogens with one attached hydrogen (secondary N) is 1. The molecule has 0 aliphatic carbocycles. The SMILES string of the molecule is CCC(CCn1c(Nc2ccc(Cl)cc2Cl)nc2c(Cl)ccc(C(CC)CC)c21)C(=O)O. The van der Waals surface area contributed by atoms with E-state index in [4.69, 9.17) is 39.8 Å². The number of hydrogen-bond donors (Lipinski definition) is 2. The number of imidazole rings is 1. The van der Waals surface area contributed by atoms with Crippen LogP contribution < -0.4 is 5.32 Å². The number of nitrogens with zero attached hydrogens (tertiary/aromatic N) is 2. The van der Waals surface area contributed by atoms with Gasteiger partial charge in [0.2, 0.25) is 5.95 Å². The Labute approximate surface area is 203 Å². The summed E-state index contributed by atoms with van der Waals surface area (Å²) in [6.07, 6.45) is 3.01. The van der Waals surface area contributed by atoms with E-state index in [1.54, 1.807) is 18.2 Å². The van der Waals surface area contributed by atoms with Crippen molar-refractivity contribution in [1.82, 2.24) is 9.55 Å². The number of fused-ring (bicyclic) bond motifs is 1. The van der Waals surface area contributed by atoms with Gasteiger partial charge in [0, 0.05) is 11.6 Å². The predicted molar refractivity (Wildman–Crippen MR) is 134 cm³/mol. The third-order valence-corrected chi connectivity index (χ3v) is 6.88. The molecule has 1 unspecified atom stereocenters. The van der Waals surface area contributed by atoms with E-state index >= 15 is 0 Å². The van der Waals surface area contributed by atoms with Gasteiger partial charge in [0.15, 0.2) is 0 Å². The fraction of sp³-hybridized carbons (Fsp3) is 0.417. The molecule has 0 saturated heterocycles. The molecule has 3 rings (SSSR count). The van der Waals surface area contributed by atoms with Crippen molar-refractivity contribution < 1.29 is 9.90 Å². The van der Waals surface area contributed by atoms with Gasteiger partial charge in [-0.05, 0) is 61.4 Å². The number of carbonyl (C=O) groups is 1. The Morgan fingerprint density at radius 2 is 1.78 bits per heavy atom. The zero-order valence-corrected chi connectivity index (χ0v) is 20.7. The number of carboxylic acids is 1. The summed E-state index contributed by atoms with van der Waals surface area (Å²) in [6, 6.07) is 9.17. The van der Waals surface area contributed by atoms with E-state index in [0.29, 0.717) is 57.5 Å². The second kappa shape index (κ2) is 10.8. The molecule has 2 aromatic carbocycles. The molecule has 1 heterocycles. The lowest BCUT2D eigenvalue weighted by Gasteiger charge is -2.19. The molecule has 0 bridgehead atoms. The van der Waals surface area contributed by atoms with Gasteiger partial charge in [-0.25, -0.2) is 4.98 Å². The Hall–Kier alpha value is -1.95. The van der Waals surface area contributed by atoms with Crippen LogP contribution in [0, 0.1) is 5.92 Å². The van der Waals surface area contributed by atoms with E-state index in [9.17, 15) is 9.90 Å². The fourth-order valence-corrected chi connectivity index (χ4v) is 4.75. The van der Waals surface area contributed by atoms with Crippen molar-refractivity contribution in [3.8, 4) is 0 Å². The van der Waals surface area contributed by atoms with Crippen LogP contribution in [-0.2, 0) is 11.3 Å². The summed E-state index contributed by atoms with van der Waals surface area (Å²) >= 11 is 19.0. The van der Waals surface area contributed by atoms with Crippen LogP contribution in [-0.4, -0.2) is 20.6 Å². The highest BCUT2D eigenvalue weighted by Gasteiger charge is 2.23. The van der Waals surface area contributed by atoms with Crippen molar-refractivity contribution in [2.45, 2.75) is 58.9 Å². The van der Waals surface area contributed by atoms with Crippen LogP contribution in [0.15, 0.2) is 30.3 Å². The lowest BCUT2D eigenvalue weighted by Crippen LogP contribution is -2.16. The van der Waals surface area contributed by atoms with Crippen molar-refractivity contribution in [1.29, 1.82) is 0 Å². The number of aryl methyl sites for hydroxylation is 1. The van der Waals surface area contributed by atoms with Gasteiger partial charge in [0.25, 0.3) is 0 Å². The average Bonchev–Trinajstić information content (AvgIpc) is 3.12. The van der Waals surface area contributed by atoms with Crippen LogP contribution in [0.2, 0.25) is 15.1 Å². The van der Waals surface area contributed by atoms with Crippen LogP contribution >= 0.6 is 34.8 Å². The molecule has 8 heteroatoms. The minimum absolute atomic E-state index is 0.346. The lowest BCUT2D eigenvalue weighted by atomic mass is 9.92. The maximum absolute atomic E-state index is 11.6. The van der Waals surface area contributed by atoms with Crippen molar-refractivity contribution >= 4 is 63.4 Å². The molecule has 1 atom stereocenters. The van der Waals surface area contributed by atoms with Crippen molar-refractivity contribution in [2.24, 2.45) is 5.92 Å². The van der Waals surface area contributed by atoms with E-state index in [-0.39, 0.29) is 0 Å². The summed E-state index contributed by atoms with van der Waals surface area (Å²) in [5, 5.41) is 14.4. The zero-order chi connectivity index (χ0) is 23.4. The molecule has 0 saturated carbocycles. The molecular weight excluding hydrogens is 469 g/mol. The zero-order valence-electron chi connectivity index (χ0n) is 18.5. The number of aromatic nitrogens is 2. The number of benzene rings is 2. The van der Waals surface area contributed by atoms with E-state index in [0.717, 1.165) is 18.4 Å². The third kappa shape index (κ3) is 5.16. The van der Waals surface area contributed by atoms with E-state index in [2.05, 4.69) is 25.2 Å². The first-order valence-electron chi connectivity index (χ1n) is 10.9. The number of rotatable bonds is 10. The van der Waals surface area contributed by atoms with Crippen LogP contribution in [0.1, 0.15) is 57.9 Å². The molecule has 0 aliphatic heterocycles. The summed E-state index contributed by atoms with van der Waals surface area (Å²) in [4.78, 5) is 16.4. The van der Waals surface area contributed by atoms with Gasteiger partial charge in [0.05, 0.1) is 27.2 Å². The van der Waals surface area contributed by atoms with Gasteiger partial charge in [-0.15, -0.1) is 0 Å². The second-order valence-electron chi connectivity index (χ2n) is 7.92. The van der Waals surface area contributed by atoms with E-state index < -0.39 is 11.9 Å². The summed E-state index contributed by atoms with van der Waals surface area (Å²) in [5.74, 6) is -0.302. The normalized spacial score (nSPS) is 12.5. The number of aliphatic carboxylic acids is 1. The molecular formula is C24H28Cl3N3O2. The van der Waals surface area contributed by atoms with Gasteiger partial charge in [-0.2, -0.15) is 0 Å². The molecule has 3 aromatic rings. The molecule has 1 aromatic heterocycles. The molecule has 0 fully saturated rings. The highest BCUT2D eigenvalue weighted by atomic mass is 35.5.